The quantitative estimate of drug-likeness (QED) is 0.872. The van der Waals surface area contributed by atoms with Crippen molar-refractivity contribution in [2.75, 3.05) is 0 Å². The smallest absolute Gasteiger partial charge is 0.220 e. The van der Waals surface area contributed by atoms with E-state index < -0.39 is 0 Å². The Balaban J connectivity index is 0.00000208. The summed E-state index contributed by atoms with van der Waals surface area (Å²) in [6.07, 6.45) is 7.42. The molecule has 1 aliphatic rings. The highest BCUT2D eigenvalue weighted by Gasteiger charge is 2.26. The SMILES string of the molecule is CC(NC(=O)C[C@@H]1CCC[C@H]1N)c1ccccc1-n1cccn1.Cl. The van der Waals surface area contributed by atoms with Crippen LogP contribution in [0.5, 0.6) is 0 Å². The fourth-order valence-corrected chi connectivity index (χ4v) is 3.41. The molecule has 3 atom stereocenters. The Kier molecular flexibility index (Phi) is 6.40. The summed E-state index contributed by atoms with van der Waals surface area (Å²) in [6, 6.07) is 10.0. The maximum atomic E-state index is 12.3. The minimum absolute atomic E-state index is 0. The van der Waals surface area contributed by atoms with Crippen molar-refractivity contribution < 1.29 is 4.79 Å². The van der Waals surface area contributed by atoms with Gasteiger partial charge in [-0.15, -0.1) is 12.4 Å². The lowest BCUT2D eigenvalue weighted by atomic mass is 9.99. The zero-order valence-corrected chi connectivity index (χ0v) is 14.7. The molecule has 2 aromatic rings. The molecule has 1 aromatic carbocycles. The highest BCUT2D eigenvalue weighted by Crippen LogP contribution is 2.27. The normalized spacial score (nSPS) is 21.1. The number of amides is 1. The Labute approximate surface area is 149 Å². The van der Waals surface area contributed by atoms with Gasteiger partial charge in [0.2, 0.25) is 5.91 Å². The summed E-state index contributed by atoms with van der Waals surface area (Å²) in [6.45, 7) is 2.01. The monoisotopic (exact) mass is 348 g/mol. The van der Waals surface area contributed by atoms with Crippen LogP contribution in [0, 0.1) is 5.92 Å². The molecule has 130 valence electrons. The van der Waals surface area contributed by atoms with Gasteiger partial charge in [0.25, 0.3) is 0 Å². The first-order valence-corrected chi connectivity index (χ1v) is 8.29. The van der Waals surface area contributed by atoms with Crippen LogP contribution in [0.2, 0.25) is 0 Å². The number of nitrogens with one attached hydrogen (secondary N) is 1. The molecule has 0 saturated heterocycles. The van der Waals surface area contributed by atoms with E-state index in [1.807, 2.05) is 48.1 Å². The number of aromatic nitrogens is 2. The van der Waals surface area contributed by atoms with E-state index >= 15 is 0 Å². The van der Waals surface area contributed by atoms with Gasteiger partial charge in [0.05, 0.1) is 11.7 Å². The molecule has 1 aromatic heterocycles. The van der Waals surface area contributed by atoms with Crippen LogP contribution in [0.3, 0.4) is 0 Å². The average molecular weight is 349 g/mol. The molecule has 1 unspecified atom stereocenters. The third-order valence-corrected chi connectivity index (χ3v) is 4.70. The van der Waals surface area contributed by atoms with Crippen LogP contribution >= 0.6 is 12.4 Å². The lowest BCUT2D eigenvalue weighted by Crippen LogP contribution is -2.33. The fraction of sp³-hybridized carbons (Fsp3) is 0.444. The van der Waals surface area contributed by atoms with Crippen molar-refractivity contribution in [3.05, 3.63) is 48.3 Å². The third-order valence-electron chi connectivity index (χ3n) is 4.70. The van der Waals surface area contributed by atoms with Gasteiger partial charge in [0.15, 0.2) is 0 Å². The summed E-state index contributed by atoms with van der Waals surface area (Å²) >= 11 is 0. The lowest BCUT2D eigenvalue weighted by molar-refractivity contribution is -0.122. The number of hydrogen-bond donors (Lipinski definition) is 2. The summed E-state index contributed by atoms with van der Waals surface area (Å²) < 4.78 is 1.82. The summed E-state index contributed by atoms with van der Waals surface area (Å²) in [5.74, 6) is 0.402. The number of para-hydroxylation sites is 1. The van der Waals surface area contributed by atoms with Crippen molar-refractivity contribution in [1.82, 2.24) is 15.1 Å². The van der Waals surface area contributed by atoms with Crippen LogP contribution in [-0.2, 0) is 4.79 Å². The van der Waals surface area contributed by atoms with Crippen molar-refractivity contribution in [1.29, 1.82) is 0 Å². The molecule has 24 heavy (non-hydrogen) atoms. The van der Waals surface area contributed by atoms with Gasteiger partial charge in [0.1, 0.15) is 0 Å². The topological polar surface area (TPSA) is 72.9 Å². The first kappa shape index (κ1) is 18.5. The molecule has 0 bridgehead atoms. The van der Waals surface area contributed by atoms with E-state index in [0.717, 1.165) is 30.5 Å². The highest BCUT2D eigenvalue weighted by molar-refractivity contribution is 5.85. The number of nitrogens with two attached hydrogens (primary N) is 1. The molecular formula is C18H25ClN4O. The highest BCUT2D eigenvalue weighted by atomic mass is 35.5. The number of halogens is 1. The largest absolute Gasteiger partial charge is 0.349 e. The molecule has 1 fully saturated rings. The van der Waals surface area contributed by atoms with E-state index in [1.54, 1.807) is 6.20 Å². The van der Waals surface area contributed by atoms with E-state index in [0.29, 0.717) is 12.3 Å². The van der Waals surface area contributed by atoms with Gasteiger partial charge >= 0.3 is 0 Å². The van der Waals surface area contributed by atoms with E-state index in [9.17, 15) is 4.79 Å². The number of benzene rings is 1. The zero-order valence-electron chi connectivity index (χ0n) is 13.9. The minimum atomic E-state index is -0.0690. The van der Waals surface area contributed by atoms with Crippen LogP contribution in [0.1, 0.15) is 44.2 Å². The third kappa shape index (κ3) is 4.16. The second-order valence-electron chi connectivity index (χ2n) is 6.36. The lowest BCUT2D eigenvalue weighted by Gasteiger charge is -2.20. The molecule has 0 aliphatic heterocycles. The minimum Gasteiger partial charge on any atom is -0.349 e. The van der Waals surface area contributed by atoms with Crippen molar-refractivity contribution in [3.63, 3.8) is 0 Å². The average Bonchev–Trinajstić information content (AvgIpc) is 3.20. The predicted octanol–water partition coefficient (Wildman–Crippen LogP) is 2.99. The van der Waals surface area contributed by atoms with Gasteiger partial charge in [-0.25, -0.2) is 4.68 Å². The van der Waals surface area contributed by atoms with Gasteiger partial charge in [-0.1, -0.05) is 24.6 Å². The van der Waals surface area contributed by atoms with E-state index in [4.69, 9.17) is 5.73 Å². The van der Waals surface area contributed by atoms with Crippen molar-refractivity contribution >= 4 is 18.3 Å². The molecule has 0 spiro atoms. The van der Waals surface area contributed by atoms with E-state index in [-0.39, 0.29) is 30.4 Å². The fourth-order valence-electron chi connectivity index (χ4n) is 3.41. The number of rotatable bonds is 5. The molecule has 1 heterocycles. The summed E-state index contributed by atoms with van der Waals surface area (Å²) in [5, 5.41) is 7.40. The molecule has 3 rings (SSSR count). The van der Waals surface area contributed by atoms with Crippen molar-refractivity contribution in [2.45, 2.75) is 44.7 Å². The molecule has 0 radical (unpaired) electrons. The van der Waals surface area contributed by atoms with Crippen LogP contribution < -0.4 is 11.1 Å². The second-order valence-corrected chi connectivity index (χ2v) is 6.36. The number of carbonyl (C=O) groups is 1. The van der Waals surface area contributed by atoms with Gasteiger partial charge in [-0.05, 0) is 43.4 Å². The zero-order chi connectivity index (χ0) is 16.2. The number of nitrogens with zero attached hydrogens (tertiary/aromatic N) is 2. The van der Waals surface area contributed by atoms with Crippen molar-refractivity contribution in [2.24, 2.45) is 11.7 Å². The molecule has 1 saturated carbocycles. The van der Waals surface area contributed by atoms with Gasteiger partial charge in [-0.3, -0.25) is 4.79 Å². The molecular weight excluding hydrogens is 324 g/mol. The first-order chi connectivity index (χ1) is 11.1. The van der Waals surface area contributed by atoms with Crippen LogP contribution in [0.15, 0.2) is 42.7 Å². The maximum absolute atomic E-state index is 12.3. The van der Waals surface area contributed by atoms with Crippen LogP contribution in [0.25, 0.3) is 5.69 Å². The van der Waals surface area contributed by atoms with E-state index in [2.05, 4.69) is 10.4 Å². The second kappa shape index (κ2) is 8.31. The number of carbonyl (C=O) groups excluding carboxylic acids is 1. The van der Waals surface area contributed by atoms with Crippen LogP contribution in [-0.4, -0.2) is 21.7 Å². The Bertz CT molecular complexity index is 659. The van der Waals surface area contributed by atoms with Gasteiger partial charge in [-0.2, -0.15) is 5.10 Å². The van der Waals surface area contributed by atoms with Gasteiger partial charge < -0.3 is 11.1 Å². The van der Waals surface area contributed by atoms with Gasteiger partial charge in [0, 0.05) is 24.9 Å². The van der Waals surface area contributed by atoms with Crippen LogP contribution in [0.4, 0.5) is 0 Å². The first-order valence-electron chi connectivity index (χ1n) is 8.29. The van der Waals surface area contributed by atoms with Crippen molar-refractivity contribution in [3.8, 4) is 5.69 Å². The summed E-state index contributed by atoms with van der Waals surface area (Å²) in [7, 11) is 0. The Morgan fingerprint density at radius 3 is 2.83 bits per heavy atom. The Hall–Kier alpha value is -1.85. The number of hydrogen-bond acceptors (Lipinski definition) is 3. The molecule has 6 heteroatoms. The summed E-state index contributed by atoms with van der Waals surface area (Å²) in [5.41, 5.74) is 8.11. The summed E-state index contributed by atoms with van der Waals surface area (Å²) in [4.78, 5) is 12.3. The Morgan fingerprint density at radius 2 is 2.17 bits per heavy atom. The standard InChI is InChI=1S/C18H24N4O.ClH/c1-13(21-18(23)12-14-6-4-8-16(14)19)15-7-2-3-9-17(15)22-11-5-10-20-22;/h2-3,5,7,9-11,13-14,16H,4,6,8,12,19H2,1H3,(H,21,23);1H/t13?,14-,16+;/m0./s1. The van der Waals surface area contributed by atoms with E-state index in [1.165, 1.54) is 0 Å². The molecule has 3 N–H and O–H groups in total. The Morgan fingerprint density at radius 1 is 1.38 bits per heavy atom. The molecule has 1 aliphatic carbocycles. The molecule has 5 nitrogen and oxygen atoms in total. The molecule has 1 amide bonds. The maximum Gasteiger partial charge on any atom is 0.220 e. The predicted molar refractivity (Wildman–Crippen MR) is 97.3 cm³/mol.